The van der Waals surface area contributed by atoms with Crippen LogP contribution in [0.3, 0.4) is 0 Å². The average Bonchev–Trinajstić information content (AvgIpc) is 2.44. The molecule has 0 spiro atoms. The molecule has 100 valence electrons. The van der Waals surface area contributed by atoms with E-state index in [0.717, 1.165) is 29.3 Å². The second-order valence-corrected chi connectivity index (χ2v) is 4.79. The number of nitrogens with one attached hydrogen (secondary N) is 1. The fraction of sp³-hybridized carbons (Fsp3) is 0.333. The van der Waals surface area contributed by atoms with E-state index in [1.54, 1.807) is 6.20 Å². The van der Waals surface area contributed by atoms with Gasteiger partial charge in [-0.2, -0.15) is 0 Å². The maximum absolute atomic E-state index is 12.0. The predicted octanol–water partition coefficient (Wildman–Crippen LogP) is 3.59. The summed E-state index contributed by atoms with van der Waals surface area (Å²) >= 11 is 6.34. The topological polar surface area (TPSA) is 42.0 Å². The molecule has 0 aliphatic heterocycles. The molecule has 1 heterocycles. The van der Waals surface area contributed by atoms with Gasteiger partial charge in [-0.15, -0.1) is 0 Å². The van der Waals surface area contributed by atoms with Crippen LogP contribution in [0.1, 0.15) is 36.2 Å². The number of benzene rings is 1. The summed E-state index contributed by atoms with van der Waals surface area (Å²) in [5, 5.41) is 4.14. The van der Waals surface area contributed by atoms with Crippen molar-refractivity contribution in [1.82, 2.24) is 10.3 Å². The number of halogens is 1. The van der Waals surface area contributed by atoms with E-state index in [1.807, 2.05) is 25.1 Å². The number of fused-ring (bicyclic) bond motifs is 1. The van der Waals surface area contributed by atoms with Gasteiger partial charge in [0.1, 0.15) is 0 Å². The Hall–Kier alpha value is -1.61. The molecule has 0 saturated heterocycles. The Balaban J connectivity index is 2.49. The lowest BCUT2D eigenvalue weighted by atomic mass is 10.1. The van der Waals surface area contributed by atoms with Gasteiger partial charge in [0.2, 0.25) is 0 Å². The summed E-state index contributed by atoms with van der Waals surface area (Å²) in [4.78, 5) is 16.4. The summed E-state index contributed by atoms with van der Waals surface area (Å²) < 4.78 is 0. The first-order valence-electron chi connectivity index (χ1n) is 6.53. The van der Waals surface area contributed by atoms with Crippen LogP contribution < -0.4 is 5.32 Å². The summed E-state index contributed by atoms with van der Waals surface area (Å²) in [6.45, 7) is 4.72. The highest BCUT2D eigenvalue weighted by molar-refractivity contribution is 6.38. The van der Waals surface area contributed by atoms with E-state index in [2.05, 4.69) is 17.2 Å². The smallest absolute Gasteiger partial charge is 0.254 e. The maximum atomic E-state index is 12.0. The Bertz CT molecular complexity index is 610. The lowest BCUT2D eigenvalue weighted by molar-refractivity contribution is 0.0953. The minimum absolute atomic E-state index is 0.164. The lowest BCUT2D eigenvalue weighted by Crippen LogP contribution is -2.24. The van der Waals surface area contributed by atoms with Gasteiger partial charge in [-0.05, 0) is 18.4 Å². The van der Waals surface area contributed by atoms with Crippen LogP contribution in [0.2, 0.25) is 5.02 Å². The molecule has 0 aliphatic rings. The van der Waals surface area contributed by atoms with Crippen molar-refractivity contribution in [2.75, 3.05) is 6.54 Å². The highest BCUT2D eigenvalue weighted by Crippen LogP contribution is 2.27. The fourth-order valence-electron chi connectivity index (χ4n) is 2.03. The highest BCUT2D eigenvalue weighted by Gasteiger charge is 2.14. The van der Waals surface area contributed by atoms with Crippen LogP contribution in [0.25, 0.3) is 10.9 Å². The number of carbonyl (C=O) groups is 1. The molecule has 3 nitrogen and oxygen atoms in total. The van der Waals surface area contributed by atoms with Crippen molar-refractivity contribution in [1.29, 1.82) is 0 Å². The van der Waals surface area contributed by atoms with Gasteiger partial charge >= 0.3 is 0 Å². The SMILES string of the molecule is CCCNC(=O)c1cnc2c(CC)cccc2c1Cl. The van der Waals surface area contributed by atoms with E-state index in [0.29, 0.717) is 17.1 Å². The van der Waals surface area contributed by atoms with Gasteiger partial charge in [-0.1, -0.05) is 43.6 Å². The lowest BCUT2D eigenvalue weighted by Gasteiger charge is -2.09. The second kappa shape index (κ2) is 6.02. The monoisotopic (exact) mass is 276 g/mol. The van der Waals surface area contributed by atoms with Crippen molar-refractivity contribution >= 4 is 28.4 Å². The summed E-state index contributed by atoms with van der Waals surface area (Å²) in [5.41, 5.74) is 2.46. The number of para-hydroxylation sites is 1. The van der Waals surface area contributed by atoms with Gasteiger partial charge in [0.15, 0.2) is 0 Å². The van der Waals surface area contributed by atoms with Crippen LogP contribution in [0.15, 0.2) is 24.4 Å². The molecule has 2 aromatic rings. The van der Waals surface area contributed by atoms with E-state index in [4.69, 9.17) is 11.6 Å². The quantitative estimate of drug-likeness (QED) is 0.927. The van der Waals surface area contributed by atoms with Crippen molar-refractivity contribution in [3.05, 3.63) is 40.5 Å². The van der Waals surface area contributed by atoms with Gasteiger partial charge in [0.25, 0.3) is 5.91 Å². The molecular weight excluding hydrogens is 260 g/mol. The van der Waals surface area contributed by atoms with Crippen molar-refractivity contribution in [3.63, 3.8) is 0 Å². The number of aryl methyl sites for hydroxylation is 1. The number of aromatic nitrogens is 1. The maximum Gasteiger partial charge on any atom is 0.254 e. The molecule has 0 fully saturated rings. The van der Waals surface area contributed by atoms with Crippen LogP contribution in [0.5, 0.6) is 0 Å². The normalized spacial score (nSPS) is 10.7. The molecule has 1 aromatic heterocycles. The van der Waals surface area contributed by atoms with Gasteiger partial charge in [-0.25, -0.2) is 0 Å². The molecule has 0 unspecified atom stereocenters. The summed E-state index contributed by atoms with van der Waals surface area (Å²) in [5.74, 6) is -0.164. The van der Waals surface area contributed by atoms with E-state index < -0.39 is 0 Å². The standard InChI is InChI=1S/C15H17ClN2O/c1-3-8-17-15(19)12-9-18-14-10(4-2)6-5-7-11(14)13(12)16/h5-7,9H,3-4,8H2,1-2H3,(H,17,19). The molecule has 0 radical (unpaired) electrons. The van der Waals surface area contributed by atoms with Gasteiger partial charge in [0.05, 0.1) is 16.1 Å². The minimum atomic E-state index is -0.164. The van der Waals surface area contributed by atoms with Crippen molar-refractivity contribution < 1.29 is 4.79 Å². The number of hydrogen-bond acceptors (Lipinski definition) is 2. The van der Waals surface area contributed by atoms with Gasteiger partial charge < -0.3 is 5.32 Å². The Morgan fingerprint density at radius 3 is 2.84 bits per heavy atom. The molecular formula is C15H17ClN2O. The molecule has 0 saturated carbocycles. The molecule has 0 aliphatic carbocycles. The van der Waals surface area contributed by atoms with E-state index in [-0.39, 0.29) is 5.91 Å². The number of nitrogens with zero attached hydrogens (tertiary/aromatic N) is 1. The Morgan fingerprint density at radius 1 is 1.37 bits per heavy atom. The Labute approximate surface area is 118 Å². The van der Waals surface area contributed by atoms with Crippen LogP contribution >= 0.6 is 11.6 Å². The zero-order valence-corrected chi connectivity index (χ0v) is 11.9. The fourth-order valence-corrected chi connectivity index (χ4v) is 2.32. The summed E-state index contributed by atoms with van der Waals surface area (Å²) in [6.07, 6.45) is 3.35. The molecule has 2 rings (SSSR count). The number of amides is 1. The molecule has 19 heavy (non-hydrogen) atoms. The summed E-state index contributed by atoms with van der Waals surface area (Å²) in [7, 11) is 0. The first kappa shape index (κ1) is 13.8. The third-order valence-corrected chi connectivity index (χ3v) is 3.48. The predicted molar refractivity (Wildman–Crippen MR) is 78.8 cm³/mol. The zero-order valence-electron chi connectivity index (χ0n) is 11.2. The third-order valence-electron chi connectivity index (χ3n) is 3.08. The Morgan fingerprint density at radius 2 is 2.16 bits per heavy atom. The average molecular weight is 277 g/mol. The largest absolute Gasteiger partial charge is 0.352 e. The third kappa shape index (κ3) is 2.71. The van der Waals surface area contributed by atoms with Crippen LogP contribution in [0.4, 0.5) is 0 Å². The van der Waals surface area contributed by atoms with Crippen LogP contribution in [0, 0.1) is 0 Å². The second-order valence-electron chi connectivity index (χ2n) is 4.41. The van der Waals surface area contributed by atoms with Crippen molar-refractivity contribution in [3.8, 4) is 0 Å². The molecule has 0 bridgehead atoms. The van der Waals surface area contributed by atoms with Crippen molar-refractivity contribution in [2.45, 2.75) is 26.7 Å². The van der Waals surface area contributed by atoms with E-state index in [9.17, 15) is 4.79 Å². The first-order chi connectivity index (χ1) is 9.19. The Kier molecular flexibility index (Phi) is 4.38. The number of hydrogen-bond donors (Lipinski definition) is 1. The minimum Gasteiger partial charge on any atom is -0.352 e. The van der Waals surface area contributed by atoms with Crippen LogP contribution in [-0.4, -0.2) is 17.4 Å². The van der Waals surface area contributed by atoms with E-state index in [1.165, 1.54) is 0 Å². The number of carbonyl (C=O) groups excluding carboxylic acids is 1. The highest BCUT2D eigenvalue weighted by atomic mass is 35.5. The van der Waals surface area contributed by atoms with Gasteiger partial charge in [-0.3, -0.25) is 9.78 Å². The van der Waals surface area contributed by atoms with E-state index >= 15 is 0 Å². The summed E-state index contributed by atoms with van der Waals surface area (Å²) in [6, 6.07) is 5.88. The van der Waals surface area contributed by atoms with Gasteiger partial charge in [0, 0.05) is 18.1 Å². The number of rotatable bonds is 4. The van der Waals surface area contributed by atoms with Crippen LogP contribution in [-0.2, 0) is 6.42 Å². The molecule has 0 atom stereocenters. The molecule has 1 N–H and O–H groups in total. The van der Waals surface area contributed by atoms with Crippen molar-refractivity contribution in [2.24, 2.45) is 0 Å². The zero-order chi connectivity index (χ0) is 13.8. The molecule has 1 aromatic carbocycles. The first-order valence-corrected chi connectivity index (χ1v) is 6.91. The number of pyridine rings is 1. The molecule has 4 heteroatoms. The molecule has 1 amide bonds.